The van der Waals surface area contributed by atoms with Gasteiger partial charge in [0.15, 0.2) is 0 Å². The van der Waals surface area contributed by atoms with Crippen LogP contribution in [0.3, 0.4) is 0 Å². The van der Waals surface area contributed by atoms with Crippen molar-refractivity contribution in [2.45, 2.75) is 46.1 Å². The minimum Gasteiger partial charge on any atom is -0.466 e. The van der Waals surface area contributed by atoms with Crippen molar-refractivity contribution in [3.05, 3.63) is 10.1 Å². The maximum absolute atomic E-state index is 11.3. The minimum absolute atomic E-state index is 0.0212. The fourth-order valence-electron chi connectivity index (χ4n) is 1.72. The van der Waals surface area contributed by atoms with Gasteiger partial charge in [-0.2, -0.15) is 0 Å². The molecule has 0 bridgehead atoms. The van der Waals surface area contributed by atoms with Gasteiger partial charge in [0.2, 0.25) is 6.04 Å². The second-order valence-corrected chi connectivity index (χ2v) is 4.18. The SMILES string of the molecule is CCOC(=O)CCC(C(C)CC(=O)OCC)[N+](=O)[O-]. The van der Waals surface area contributed by atoms with Crippen LogP contribution in [0.1, 0.15) is 40.0 Å². The minimum atomic E-state index is -0.950. The Morgan fingerprint density at radius 3 is 2.16 bits per heavy atom. The van der Waals surface area contributed by atoms with Crippen LogP contribution in [0.5, 0.6) is 0 Å². The fraction of sp³-hybridized carbons (Fsp3) is 0.833. The molecule has 0 aliphatic rings. The van der Waals surface area contributed by atoms with Crippen molar-refractivity contribution in [1.29, 1.82) is 0 Å². The van der Waals surface area contributed by atoms with E-state index in [0.717, 1.165) is 0 Å². The van der Waals surface area contributed by atoms with Crippen LogP contribution in [-0.2, 0) is 19.1 Å². The van der Waals surface area contributed by atoms with Crippen molar-refractivity contribution in [1.82, 2.24) is 0 Å². The van der Waals surface area contributed by atoms with E-state index in [2.05, 4.69) is 0 Å². The summed E-state index contributed by atoms with van der Waals surface area (Å²) in [6.45, 7) is 5.45. The third-order valence-corrected chi connectivity index (χ3v) is 2.67. The lowest BCUT2D eigenvalue weighted by Crippen LogP contribution is -2.30. The highest BCUT2D eigenvalue weighted by atomic mass is 16.6. The highest BCUT2D eigenvalue weighted by molar-refractivity contribution is 5.70. The zero-order valence-electron chi connectivity index (χ0n) is 11.6. The second-order valence-electron chi connectivity index (χ2n) is 4.18. The molecule has 0 fully saturated rings. The summed E-state index contributed by atoms with van der Waals surface area (Å²) < 4.78 is 9.47. The lowest BCUT2D eigenvalue weighted by Gasteiger charge is -2.15. The Kier molecular flexibility index (Phi) is 8.48. The van der Waals surface area contributed by atoms with Gasteiger partial charge < -0.3 is 9.47 Å². The van der Waals surface area contributed by atoms with Crippen molar-refractivity contribution in [3.63, 3.8) is 0 Å². The molecule has 110 valence electrons. The summed E-state index contributed by atoms with van der Waals surface area (Å²) in [7, 11) is 0. The molecule has 2 unspecified atom stereocenters. The third-order valence-electron chi connectivity index (χ3n) is 2.67. The molecule has 0 heterocycles. The molecule has 7 heteroatoms. The number of nitrogens with zero attached hydrogens (tertiary/aromatic N) is 1. The average Bonchev–Trinajstić information content (AvgIpc) is 2.29. The first-order valence-electron chi connectivity index (χ1n) is 6.37. The van der Waals surface area contributed by atoms with E-state index < -0.39 is 28.8 Å². The van der Waals surface area contributed by atoms with E-state index in [1.54, 1.807) is 20.8 Å². The molecule has 7 nitrogen and oxygen atoms in total. The van der Waals surface area contributed by atoms with Crippen LogP contribution in [-0.4, -0.2) is 36.1 Å². The Morgan fingerprint density at radius 1 is 1.16 bits per heavy atom. The molecular formula is C12H21NO6. The number of rotatable bonds is 9. The summed E-state index contributed by atoms with van der Waals surface area (Å²) in [5.41, 5.74) is 0. The Morgan fingerprint density at radius 2 is 1.68 bits per heavy atom. The number of nitro groups is 1. The van der Waals surface area contributed by atoms with Gasteiger partial charge in [-0.25, -0.2) is 0 Å². The van der Waals surface area contributed by atoms with Crippen LogP contribution < -0.4 is 0 Å². The van der Waals surface area contributed by atoms with Crippen molar-refractivity contribution in [2.75, 3.05) is 13.2 Å². The number of carbonyl (C=O) groups excluding carboxylic acids is 2. The maximum atomic E-state index is 11.3. The normalized spacial score (nSPS) is 13.4. The first-order valence-corrected chi connectivity index (χ1v) is 6.37. The maximum Gasteiger partial charge on any atom is 0.306 e. The lowest BCUT2D eigenvalue weighted by atomic mass is 9.95. The summed E-state index contributed by atoms with van der Waals surface area (Å²) in [6, 6.07) is -0.950. The van der Waals surface area contributed by atoms with Gasteiger partial charge in [0.05, 0.1) is 26.1 Å². The largest absolute Gasteiger partial charge is 0.466 e. The lowest BCUT2D eigenvalue weighted by molar-refractivity contribution is -0.532. The van der Waals surface area contributed by atoms with Gasteiger partial charge in [0.1, 0.15) is 0 Å². The molecule has 0 aromatic heterocycles. The molecule has 0 aliphatic heterocycles. The summed E-state index contributed by atoms with van der Waals surface area (Å²) >= 11 is 0. The van der Waals surface area contributed by atoms with Gasteiger partial charge in [-0.1, -0.05) is 6.92 Å². The standard InChI is InChI=1S/C12H21NO6/c1-4-18-11(14)7-6-10(13(16)17)9(3)8-12(15)19-5-2/h9-10H,4-8H2,1-3H3. The first-order chi connectivity index (χ1) is 8.92. The molecule has 0 spiro atoms. The quantitative estimate of drug-likeness (QED) is 0.360. The second kappa shape index (κ2) is 9.29. The monoisotopic (exact) mass is 275 g/mol. The van der Waals surface area contributed by atoms with E-state index in [1.165, 1.54) is 0 Å². The zero-order chi connectivity index (χ0) is 14.8. The van der Waals surface area contributed by atoms with Gasteiger partial charge in [-0.15, -0.1) is 0 Å². The number of esters is 2. The molecule has 2 atom stereocenters. The topological polar surface area (TPSA) is 95.7 Å². The van der Waals surface area contributed by atoms with E-state index in [1.807, 2.05) is 0 Å². The molecule has 0 saturated heterocycles. The van der Waals surface area contributed by atoms with Crippen LogP contribution in [0, 0.1) is 16.0 Å². The van der Waals surface area contributed by atoms with Crippen molar-refractivity contribution in [2.24, 2.45) is 5.92 Å². The molecule has 0 amide bonds. The number of hydrogen-bond acceptors (Lipinski definition) is 6. The van der Waals surface area contributed by atoms with Gasteiger partial charge in [0.25, 0.3) is 0 Å². The van der Waals surface area contributed by atoms with Gasteiger partial charge >= 0.3 is 11.9 Å². The van der Waals surface area contributed by atoms with Gasteiger partial charge in [-0.3, -0.25) is 19.7 Å². The highest BCUT2D eigenvalue weighted by Crippen LogP contribution is 2.17. The number of carbonyl (C=O) groups is 2. The molecule has 0 aliphatic carbocycles. The third kappa shape index (κ3) is 7.38. The highest BCUT2D eigenvalue weighted by Gasteiger charge is 2.30. The Labute approximate surface area is 112 Å². The van der Waals surface area contributed by atoms with Gasteiger partial charge in [0, 0.05) is 17.3 Å². The predicted octanol–water partition coefficient (Wildman–Crippen LogP) is 1.56. The van der Waals surface area contributed by atoms with Gasteiger partial charge in [-0.05, 0) is 13.8 Å². The van der Waals surface area contributed by atoms with Crippen LogP contribution in [0.25, 0.3) is 0 Å². The molecule has 0 aromatic rings. The van der Waals surface area contributed by atoms with E-state index in [4.69, 9.17) is 9.47 Å². The average molecular weight is 275 g/mol. The zero-order valence-corrected chi connectivity index (χ0v) is 11.6. The first kappa shape index (κ1) is 17.3. The van der Waals surface area contributed by atoms with Crippen molar-refractivity contribution in [3.8, 4) is 0 Å². The van der Waals surface area contributed by atoms with E-state index >= 15 is 0 Å². The van der Waals surface area contributed by atoms with Crippen LogP contribution in [0.2, 0.25) is 0 Å². The smallest absolute Gasteiger partial charge is 0.306 e. The van der Waals surface area contributed by atoms with Crippen LogP contribution in [0.4, 0.5) is 0 Å². The molecule has 19 heavy (non-hydrogen) atoms. The number of hydrogen-bond donors (Lipinski definition) is 0. The fourth-order valence-corrected chi connectivity index (χ4v) is 1.72. The molecule has 0 aromatic carbocycles. The van der Waals surface area contributed by atoms with E-state index in [0.29, 0.717) is 0 Å². The number of ether oxygens (including phenoxy) is 2. The summed E-state index contributed by atoms with van der Waals surface area (Å²) in [5, 5.41) is 11.0. The molecule has 0 saturated carbocycles. The summed E-state index contributed by atoms with van der Waals surface area (Å²) in [4.78, 5) is 33.0. The van der Waals surface area contributed by atoms with E-state index in [9.17, 15) is 19.7 Å². The van der Waals surface area contributed by atoms with E-state index in [-0.39, 0.29) is 32.5 Å². The Bertz CT molecular complexity index is 317. The predicted molar refractivity (Wildman–Crippen MR) is 67.1 cm³/mol. The van der Waals surface area contributed by atoms with Crippen molar-refractivity contribution < 1.29 is 24.0 Å². The Balaban J connectivity index is 4.34. The molecular weight excluding hydrogens is 254 g/mol. The van der Waals surface area contributed by atoms with Crippen LogP contribution in [0.15, 0.2) is 0 Å². The molecule has 0 rings (SSSR count). The molecule has 0 N–H and O–H groups in total. The molecule has 0 radical (unpaired) electrons. The summed E-state index contributed by atoms with van der Waals surface area (Å²) in [5.74, 6) is -1.40. The van der Waals surface area contributed by atoms with Crippen molar-refractivity contribution >= 4 is 11.9 Å². The van der Waals surface area contributed by atoms with Crippen LogP contribution >= 0.6 is 0 Å². The Hall–Kier alpha value is -1.66. The summed E-state index contributed by atoms with van der Waals surface area (Å²) in [6.07, 6.45) is 0.0152.